The molecule has 2 aromatic rings. The first-order valence-electron chi connectivity index (χ1n) is 6.75. The third kappa shape index (κ3) is 2.88. The number of Topliss-reactive ketones (excluding diaryl/α,β-unsaturated/α-hetero) is 1. The van der Waals surface area contributed by atoms with Crippen LogP contribution in [0.3, 0.4) is 0 Å². The van der Waals surface area contributed by atoms with E-state index in [0.29, 0.717) is 17.2 Å². The van der Waals surface area contributed by atoms with Gasteiger partial charge in [-0.3, -0.25) is 4.79 Å². The number of carbonyl (C=O) groups is 1. The molecule has 0 radical (unpaired) electrons. The molecule has 1 N–H and O–H groups in total. The molecule has 1 aliphatic heterocycles. The SMILES string of the molecule is Cc1ccc(C(=O)Cc2ccc3c(c2)B(O)OC3)c(Cl)c1. The van der Waals surface area contributed by atoms with Crippen molar-refractivity contribution in [1.29, 1.82) is 0 Å². The smallest absolute Gasteiger partial charge is 0.423 e. The molecule has 0 saturated heterocycles. The Kier molecular flexibility index (Phi) is 3.85. The average Bonchev–Trinajstić information content (AvgIpc) is 2.80. The maximum Gasteiger partial charge on any atom is 0.491 e. The van der Waals surface area contributed by atoms with E-state index in [0.717, 1.165) is 22.2 Å². The van der Waals surface area contributed by atoms with Crippen molar-refractivity contribution in [1.82, 2.24) is 0 Å². The fourth-order valence-corrected chi connectivity index (χ4v) is 2.84. The van der Waals surface area contributed by atoms with E-state index in [1.807, 2.05) is 31.2 Å². The van der Waals surface area contributed by atoms with Crippen molar-refractivity contribution in [3.63, 3.8) is 0 Å². The maximum atomic E-state index is 12.3. The number of aryl methyl sites for hydroxylation is 1. The molecule has 2 aromatic carbocycles. The van der Waals surface area contributed by atoms with Gasteiger partial charge in [-0.1, -0.05) is 35.9 Å². The van der Waals surface area contributed by atoms with Crippen molar-refractivity contribution in [3.8, 4) is 0 Å². The molecule has 1 aliphatic rings. The van der Waals surface area contributed by atoms with Crippen LogP contribution in [0.25, 0.3) is 0 Å². The number of halogens is 1. The molecule has 21 heavy (non-hydrogen) atoms. The van der Waals surface area contributed by atoms with Gasteiger partial charge in [0.2, 0.25) is 0 Å². The number of fused-ring (bicyclic) bond motifs is 1. The molecule has 3 rings (SSSR count). The summed E-state index contributed by atoms with van der Waals surface area (Å²) in [5.74, 6) is -0.0339. The number of carbonyl (C=O) groups excluding carboxylic acids is 1. The molecule has 0 spiro atoms. The van der Waals surface area contributed by atoms with Crippen LogP contribution in [0.15, 0.2) is 36.4 Å². The van der Waals surface area contributed by atoms with E-state index in [2.05, 4.69) is 0 Å². The summed E-state index contributed by atoms with van der Waals surface area (Å²) < 4.78 is 5.15. The summed E-state index contributed by atoms with van der Waals surface area (Å²) in [6, 6.07) is 11.0. The van der Waals surface area contributed by atoms with Crippen LogP contribution in [0.1, 0.15) is 27.0 Å². The van der Waals surface area contributed by atoms with Crippen molar-refractivity contribution < 1.29 is 14.5 Å². The lowest BCUT2D eigenvalue weighted by Crippen LogP contribution is -2.28. The largest absolute Gasteiger partial charge is 0.491 e. The van der Waals surface area contributed by atoms with Crippen LogP contribution in [0.2, 0.25) is 5.02 Å². The summed E-state index contributed by atoms with van der Waals surface area (Å²) in [6.07, 6.45) is 0.253. The van der Waals surface area contributed by atoms with Crippen LogP contribution in [0.4, 0.5) is 0 Å². The number of rotatable bonds is 3. The van der Waals surface area contributed by atoms with Gasteiger partial charge in [-0.05, 0) is 41.2 Å². The monoisotopic (exact) mass is 300 g/mol. The van der Waals surface area contributed by atoms with E-state index in [-0.39, 0.29) is 12.2 Å². The van der Waals surface area contributed by atoms with Gasteiger partial charge in [0.25, 0.3) is 0 Å². The first kappa shape index (κ1) is 14.3. The number of hydrogen-bond acceptors (Lipinski definition) is 3. The molecule has 1 heterocycles. The summed E-state index contributed by atoms with van der Waals surface area (Å²) >= 11 is 6.13. The minimum Gasteiger partial charge on any atom is -0.423 e. The Morgan fingerprint density at radius 1 is 1.33 bits per heavy atom. The second-order valence-corrected chi connectivity index (χ2v) is 5.69. The Balaban J connectivity index is 1.83. The molecule has 0 saturated carbocycles. The lowest BCUT2D eigenvalue weighted by Gasteiger charge is -2.06. The van der Waals surface area contributed by atoms with Crippen LogP contribution in [-0.4, -0.2) is 17.9 Å². The summed E-state index contributed by atoms with van der Waals surface area (Å²) in [4.78, 5) is 12.3. The number of ketones is 1. The average molecular weight is 301 g/mol. The zero-order valence-corrected chi connectivity index (χ0v) is 12.4. The quantitative estimate of drug-likeness (QED) is 0.699. The lowest BCUT2D eigenvalue weighted by atomic mass is 9.78. The van der Waals surface area contributed by atoms with E-state index in [4.69, 9.17) is 16.3 Å². The first-order valence-corrected chi connectivity index (χ1v) is 7.13. The highest BCUT2D eigenvalue weighted by Crippen LogP contribution is 2.20. The van der Waals surface area contributed by atoms with Crippen LogP contribution in [0, 0.1) is 6.92 Å². The topological polar surface area (TPSA) is 46.5 Å². The summed E-state index contributed by atoms with van der Waals surface area (Å²) in [5.41, 5.74) is 4.11. The molecule has 106 valence electrons. The van der Waals surface area contributed by atoms with Gasteiger partial charge in [-0.15, -0.1) is 0 Å². The minimum absolute atomic E-state index is 0.0339. The third-order valence-electron chi connectivity index (χ3n) is 3.66. The fraction of sp³-hybridized carbons (Fsp3) is 0.188. The second-order valence-electron chi connectivity index (χ2n) is 5.28. The van der Waals surface area contributed by atoms with Crippen LogP contribution < -0.4 is 5.46 Å². The van der Waals surface area contributed by atoms with E-state index in [1.54, 1.807) is 12.1 Å². The fourth-order valence-electron chi connectivity index (χ4n) is 2.50. The van der Waals surface area contributed by atoms with Crippen molar-refractivity contribution in [2.75, 3.05) is 0 Å². The Morgan fingerprint density at radius 2 is 2.14 bits per heavy atom. The van der Waals surface area contributed by atoms with Gasteiger partial charge in [0.1, 0.15) is 0 Å². The predicted molar refractivity (Wildman–Crippen MR) is 83.1 cm³/mol. The normalized spacial score (nSPS) is 13.4. The molecule has 0 bridgehead atoms. The van der Waals surface area contributed by atoms with Gasteiger partial charge in [0, 0.05) is 12.0 Å². The van der Waals surface area contributed by atoms with Crippen LogP contribution in [0.5, 0.6) is 0 Å². The molecule has 3 nitrogen and oxygen atoms in total. The van der Waals surface area contributed by atoms with Gasteiger partial charge in [0.05, 0.1) is 11.6 Å². The van der Waals surface area contributed by atoms with Crippen molar-refractivity contribution in [2.45, 2.75) is 20.0 Å². The van der Waals surface area contributed by atoms with E-state index in [1.165, 1.54) is 0 Å². The van der Waals surface area contributed by atoms with Crippen molar-refractivity contribution in [3.05, 3.63) is 63.7 Å². The highest BCUT2D eigenvalue weighted by molar-refractivity contribution is 6.61. The number of hydrogen-bond donors (Lipinski definition) is 1. The van der Waals surface area contributed by atoms with Crippen molar-refractivity contribution >= 4 is 30.0 Å². The molecular formula is C16H14BClO3. The molecule has 0 unspecified atom stereocenters. The zero-order chi connectivity index (χ0) is 15.0. The first-order chi connectivity index (χ1) is 10.0. The predicted octanol–water partition coefficient (Wildman–Crippen LogP) is 2.29. The van der Waals surface area contributed by atoms with Gasteiger partial charge in [-0.2, -0.15) is 0 Å². The van der Waals surface area contributed by atoms with Gasteiger partial charge >= 0.3 is 7.12 Å². The maximum absolute atomic E-state index is 12.3. The molecule has 0 amide bonds. The second kappa shape index (κ2) is 5.64. The highest BCUT2D eigenvalue weighted by atomic mass is 35.5. The summed E-state index contributed by atoms with van der Waals surface area (Å²) in [6.45, 7) is 2.34. The minimum atomic E-state index is -0.891. The van der Waals surface area contributed by atoms with Gasteiger partial charge < -0.3 is 9.68 Å². The molecule has 0 atom stereocenters. The van der Waals surface area contributed by atoms with E-state index in [9.17, 15) is 9.82 Å². The summed E-state index contributed by atoms with van der Waals surface area (Å²) in [7, 11) is -0.891. The summed E-state index contributed by atoms with van der Waals surface area (Å²) in [5, 5.41) is 10.2. The van der Waals surface area contributed by atoms with E-state index >= 15 is 0 Å². The molecule has 0 fully saturated rings. The van der Waals surface area contributed by atoms with Crippen molar-refractivity contribution in [2.24, 2.45) is 0 Å². The Labute approximate surface area is 128 Å². The number of benzene rings is 2. The Morgan fingerprint density at radius 3 is 2.90 bits per heavy atom. The van der Waals surface area contributed by atoms with E-state index < -0.39 is 7.12 Å². The molecule has 5 heteroatoms. The highest BCUT2D eigenvalue weighted by Gasteiger charge is 2.27. The van der Waals surface area contributed by atoms with Gasteiger partial charge in [-0.25, -0.2) is 0 Å². The molecular weight excluding hydrogens is 286 g/mol. The van der Waals surface area contributed by atoms with Crippen LogP contribution in [-0.2, 0) is 17.7 Å². The standard InChI is InChI=1S/C16H14BClO3/c1-10-2-5-13(15(18)6-10)16(19)8-11-3-4-12-9-21-17(20)14(12)7-11/h2-7,20H,8-9H2,1H3. The third-order valence-corrected chi connectivity index (χ3v) is 3.98. The lowest BCUT2D eigenvalue weighted by molar-refractivity contribution is 0.0993. The zero-order valence-electron chi connectivity index (χ0n) is 11.6. The van der Waals surface area contributed by atoms with Crippen LogP contribution >= 0.6 is 11.6 Å². The van der Waals surface area contributed by atoms with Gasteiger partial charge in [0.15, 0.2) is 5.78 Å². The molecule has 0 aromatic heterocycles. The Bertz CT molecular complexity index is 715. The molecule has 0 aliphatic carbocycles. The Hall–Kier alpha value is -1.62.